The minimum Gasteiger partial charge on any atom is -0.449 e. The molecule has 0 aromatic heterocycles. The minimum absolute atomic E-state index is 0.114. The van der Waals surface area contributed by atoms with Gasteiger partial charge in [0.15, 0.2) is 12.4 Å². The van der Waals surface area contributed by atoms with Crippen LogP contribution in [0.2, 0.25) is 0 Å². The maximum Gasteiger partial charge on any atom is 0.330 e. The minimum atomic E-state index is -0.822. The van der Waals surface area contributed by atoms with Gasteiger partial charge in [-0.15, -0.1) is 0 Å². The van der Waals surface area contributed by atoms with Crippen LogP contribution < -0.4 is 0 Å². The molecular formula is C10H16O4. The Kier molecular flexibility index (Phi) is 7.74. The van der Waals surface area contributed by atoms with E-state index in [0.29, 0.717) is 12.9 Å². The first-order valence-electron chi connectivity index (χ1n) is 4.60. The van der Waals surface area contributed by atoms with Gasteiger partial charge in [0.05, 0.1) is 6.61 Å². The number of unbranched alkanes of at least 4 members (excludes halogenated alkanes) is 1. The van der Waals surface area contributed by atoms with E-state index in [2.05, 4.69) is 11.3 Å². The van der Waals surface area contributed by atoms with Crippen molar-refractivity contribution in [3.63, 3.8) is 0 Å². The molecule has 1 atom stereocenters. The molecule has 0 heterocycles. The van der Waals surface area contributed by atoms with Crippen molar-refractivity contribution in [1.29, 1.82) is 0 Å². The van der Waals surface area contributed by atoms with E-state index in [1.165, 1.54) is 0 Å². The van der Waals surface area contributed by atoms with Crippen LogP contribution >= 0.6 is 0 Å². The van der Waals surface area contributed by atoms with Gasteiger partial charge in [0.2, 0.25) is 0 Å². The lowest BCUT2D eigenvalue weighted by molar-refractivity contribution is -0.149. The second-order valence-electron chi connectivity index (χ2n) is 2.74. The monoisotopic (exact) mass is 200 g/mol. The molecule has 0 rings (SSSR count). The number of hydrogen-bond donors (Lipinski definition) is 0. The first-order chi connectivity index (χ1) is 6.74. The standard InChI is InChI=1S/C10H16O4/c1-3-5-6-13-8-9(7-11)14-10(12)4-2/h4,7,9H,2-3,5-6,8H2,1H3. The third-order valence-corrected chi connectivity index (χ3v) is 1.51. The molecule has 80 valence electrons. The van der Waals surface area contributed by atoms with Crippen molar-refractivity contribution in [1.82, 2.24) is 0 Å². The van der Waals surface area contributed by atoms with Crippen LogP contribution in [0.3, 0.4) is 0 Å². The number of carbonyl (C=O) groups is 2. The van der Waals surface area contributed by atoms with Crippen molar-refractivity contribution in [3.05, 3.63) is 12.7 Å². The summed E-state index contributed by atoms with van der Waals surface area (Å²) in [6, 6.07) is 0. The average molecular weight is 200 g/mol. The third-order valence-electron chi connectivity index (χ3n) is 1.51. The summed E-state index contributed by atoms with van der Waals surface area (Å²) in [7, 11) is 0. The Morgan fingerprint density at radius 2 is 2.29 bits per heavy atom. The first-order valence-corrected chi connectivity index (χ1v) is 4.60. The number of rotatable bonds is 8. The molecule has 0 bridgehead atoms. The summed E-state index contributed by atoms with van der Waals surface area (Å²) in [6.45, 7) is 5.96. The fourth-order valence-electron chi connectivity index (χ4n) is 0.744. The van der Waals surface area contributed by atoms with Gasteiger partial charge in [0, 0.05) is 12.7 Å². The van der Waals surface area contributed by atoms with Crippen molar-refractivity contribution >= 4 is 12.3 Å². The molecule has 0 radical (unpaired) electrons. The fourth-order valence-corrected chi connectivity index (χ4v) is 0.744. The molecule has 0 aliphatic rings. The third kappa shape index (κ3) is 6.37. The first kappa shape index (κ1) is 12.8. The number of hydrogen-bond acceptors (Lipinski definition) is 4. The van der Waals surface area contributed by atoms with Crippen LogP contribution in [0.15, 0.2) is 12.7 Å². The van der Waals surface area contributed by atoms with Crippen molar-refractivity contribution in [2.45, 2.75) is 25.9 Å². The molecule has 0 amide bonds. The summed E-state index contributed by atoms with van der Waals surface area (Å²) in [6.07, 6.45) is 2.70. The highest BCUT2D eigenvalue weighted by atomic mass is 16.6. The average Bonchev–Trinajstić information content (AvgIpc) is 2.22. The van der Waals surface area contributed by atoms with Crippen LogP contribution in [0.1, 0.15) is 19.8 Å². The maximum absolute atomic E-state index is 10.7. The maximum atomic E-state index is 10.7. The van der Waals surface area contributed by atoms with Crippen LogP contribution in [0.5, 0.6) is 0 Å². The summed E-state index contributed by atoms with van der Waals surface area (Å²) < 4.78 is 9.81. The fraction of sp³-hybridized carbons (Fsp3) is 0.600. The van der Waals surface area contributed by atoms with Crippen LogP contribution in [0.25, 0.3) is 0 Å². The second-order valence-corrected chi connectivity index (χ2v) is 2.74. The second kappa shape index (κ2) is 8.44. The molecule has 0 aliphatic carbocycles. The van der Waals surface area contributed by atoms with Gasteiger partial charge in [0.25, 0.3) is 0 Å². The summed E-state index contributed by atoms with van der Waals surface area (Å²) in [4.78, 5) is 21.1. The lowest BCUT2D eigenvalue weighted by Crippen LogP contribution is -2.24. The zero-order valence-corrected chi connectivity index (χ0v) is 8.40. The van der Waals surface area contributed by atoms with E-state index in [1.807, 2.05) is 6.92 Å². The molecule has 4 nitrogen and oxygen atoms in total. The summed E-state index contributed by atoms with van der Waals surface area (Å²) in [5, 5.41) is 0. The Morgan fingerprint density at radius 1 is 1.57 bits per heavy atom. The number of aldehydes is 1. The molecule has 0 N–H and O–H groups in total. The van der Waals surface area contributed by atoms with Gasteiger partial charge in [-0.05, 0) is 6.42 Å². The number of ether oxygens (including phenoxy) is 2. The number of esters is 1. The van der Waals surface area contributed by atoms with Gasteiger partial charge >= 0.3 is 5.97 Å². The highest BCUT2D eigenvalue weighted by Crippen LogP contribution is 1.94. The van der Waals surface area contributed by atoms with Crippen LogP contribution in [-0.4, -0.2) is 31.6 Å². The van der Waals surface area contributed by atoms with Gasteiger partial charge in [-0.3, -0.25) is 4.79 Å². The van der Waals surface area contributed by atoms with Gasteiger partial charge in [-0.1, -0.05) is 19.9 Å². The summed E-state index contributed by atoms with van der Waals surface area (Å²) >= 11 is 0. The van der Waals surface area contributed by atoms with E-state index >= 15 is 0 Å². The SMILES string of the molecule is C=CC(=O)OC(C=O)COCCCC. The molecule has 0 saturated carbocycles. The smallest absolute Gasteiger partial charge is 0.330 e. The van der Waals surface area contributed by atoms with E-state index in [0.717, 1.165) is 18.9 Å². The van der Waals surface area contributed by atoms with Crippen molar-refractivity contribution in [2.24, 2.45) is 0 Å². The van der Waals surface area contributed by atoms with E-state index in [1.54, 1.807) is 0 Å². The molecule has 0 aromatic rings. The molecule has 0 aromatic carbocycles. The molecule has 0 saturated heterocycles. The highest BCUT2D eigenvalue weighted by Gasteiger charge is 2.10. The van der Waals surface area contributed by atoms with E-state index in [4.69, 9.17) is 4.74 Å². The Hall–Kier alpha value is -1.16. The Labute approximate surface area is 83.9 Å². The van der Waals surface area contributed by atoms with Crippen molar-refractivity contribution < 1.29 is 19.1 Å². The summed E-state index contributed by atoms with van der Waals surface area (Å²) in [5.41, 5.74) is 0. The molecule has 0 fully saturated rings. The van der Waals surface area contributed by atoms with E-state index in [-0.39, 0.29) is 6.61 Å². The zero-order valence-electron chi connectivity index (χ0n) is 8.40. The lowest BCUT2D eigenvalue weighted by Gasteiger charge is -2.10. The van der Waals surface area contributed by atoms with Crippen LogP contribution in [0.4, 0.5) is 0 Å². The van der Waals surface area contributed by atoms with Crippen LogP contribution in [0, 0.1) is 0 Å². The molecule has 4 heteroatoms. The molecule has 0 spiro atoms. The molecular weight excluding hydrogens is 184 g/mol. The van der Waals surface area contributed by atoms with Crippen molar-refractivity contribution in [2.75, 3.05) is 13.2 Å². The largest absolute Gasteiger partial charge is 0.449 e. The number of carbonyl (C=O) groups excluding carboxylic acids is 2. The quantitative estimate of drug-likeness (QED) is 0.255. The molecule has 1 unspecified atom stereocenters. The van der Waals surface area contributed by atoms with Gasteiger partial charge in [0.1, 0.15) is 0 Å². The van der Waals surface area contributed by atoms with Gasteiger partial charge in [-0.2, -0.15) is 0 Å². The zero-order chi connectivity index (χ0) is 10.8. The topological polar surface area (TPSA) is 52.6 Å². The van der Waals surface area contributed by atoms with Gasteiger partial charge < -0.3 is 9.47 Å². The highest BCUT2D eigenvalue weighted by molar-refractivity contribution is 5.82. The van der Waals surface area contributed by atoms with E-state index < -0.39 is 12.1 Å². The Bertz CT molecular complexity index is 189. The predicted molar refractivity (Wildman–Crippen MR) is 51.9 cm³/mol. The van der Waals surface area contributed by atoms with Gasteiger partial charge in [-0.25, -0.2) is 4.79 Å². The lowest BCUT2D eigenvalue weighted by atomic mass is 10.3. The molecule has 14 heavy (non-hydrogen) atoms. The van der Waals surface area contributed by atoms with Crippen LogP contribution in [-0.2, 0) is 19.1 Å². The summed E-state index contributed by atoms with van der Waals surface area (Å²) in [5.74, 6) is -0.610. The van der Waals surface area contributed by atoms with Crippen molar-refractivity contribution in [3.8, 4) is 0 Å². The Morgan fingerprint density at radius 3 is 2.79 bits per heavy atom. The normalized spacial score (nSPS) is 11.8. The molecule has 0 aliphatic heterocycles. The Balaban J connectivity index is 3.63. The predicted octanol–water partition coefficient (Wildman–Crippen LogP) is 1.10. The van der Waals surface area contributed by atoms with E-state index in [9.17, 15) is 9.59 Å².